The van der Waals surface area contributed by atoms with Crippen molar-refractivity contribution < 1.29 is 14.0 Å². The van der Waals surface area contributed by atoms with Crippen LogP contribution in [0.4, 0.5) is 9.18 Å². The number of nitrogens with zero attached hydrogens (tertiary/aromatic N) is 3. The summed E-state index contributed by atoms with van der Waals surface area (Å²) in [4.78, 5) is 31.9. The van der Waals surface area contributed by atoms with E-state index < -0.39 is 11.7 Å². The smallest absolute Gasteiger partial charge is 0.318 e. The van der Waals surface area contributed by atoms with Crippen LogP contribution in [-0.2, 0) is 0 Å². The maximum Gasteiger partial charge on any atom is 0.318 e. The van der Waals surface area contributed by atoms with Gasteiger partial charge in [0.25, 0.3) is 5.91 Å². The molecule has 0 aliphatic carbocycles. The van der Waals surface area contributed by atoms with Gasteiger partial charge in [-0.3, -0.25) is 9.69 Å². The van der Waals surface area contributed by atoms with Crippen molar-refractivity contribution in [3.05, 3.63) is 82.3 Å². The Balaban J connectivity index is 1.40. The molecule has 8 heteroatoms. The summed E-state index contributed by atoms with van der Waals surface area (Å²) in [6.45, 7) is 11.0. The first kappa shape index (κ1) is 27.1. The van der Waals surface area contributed by atoms with Crippen molar-refractivity contribution in [2.24, 2.45) is 5.92 Å². The Morgan fingerprint density at radius 1 is 1.05 bits per heavy atom. The predicted molar refractivity (Wildman–Crippen MR) is 145 cm³/mol. The molecule has 0 radical (unpaired) electrons. The summed E-state index contributed by atoms with van der Waals surface area (Å²) in [5.41, 5.74) is 2.18. The minimum absolute atomic E-state index is 0.0548. The van der Waals surface area contributed by atoms with Crippen molar-refractivity contribution >= 4 is 23.5 Å². The third-order valence-electron chi connectivity index (χ3n) is 7.17. The standard InChI is InChI=1S/C29H36ClFN4O2/c1-19(2)35(20(3)4)29(37)32-26(21-9-6-5-7-10-21)13-14-33-15-22-17-34(18-23(22)16-33)28(36)27-24(30)11-8-12-25(27)31/h5-12,17,19-20,23,26H,13-16,18H2,1-4H3,(H,32,37)/t23?,26-/m0/s1. The second-order valence-electron chi connectivity index (χ2n) is 10.5. The average molecular weight is 527 g/mol. The maximum absolute atomic E-state index is 14.3. The Bertz CT molecular complexity index is 1130. The number of hydrogen-bond acceptors (Lipinski definition) is 3. The molecule has 3 amide bonds. The number of nitrogens with one attached hydrogen (secondary N) is 1. The Hall–Kier alpha value is -2.90. The van der Waals surface area contributed by atoms with Crippen molar-refractivity contribution in [1.29, 1.82) is 0 Å². The van der Waals surface area contributed by atoms with E-state index in [1.165, 1.54) is 23.8 Å². The van der Waals surface area contributed by atoms with Gasteiger partial charge in [0.1, 0.15) is 5.82 Å². The van der Waals surface area contributed by atoms with E-state index in [0.29, 0.717) is 6.54 Å². The summed E-state index contributed by atoms with van der Waals surface area (Å²) in [5, 5.41) is 3.40. The third-order valence-corrected chi connectivity index (χ3v) is 7.48. The Kier molecular flexibility index (Phi) is 8.55. The Labute approximate surface area is 224 Å². The van der Waals surface area contributed by atoms with Crippen LogP contribution in [0, 0.1) is 11.7 Å². The van der Waals surface area contributed by atoms with Gasteiger partial charge in [0.05, 0.1) is 16.6 Å². The van der Waals surface area contributed by atoms with Gasteiger partial charge in [-0.05, 0) is 57.4 Å². The lowest BCUT2D eigenvalue weighted by molar-refractivity contribution is 0.0816. The highest BCUT2D eigenvalue weighted by Crippen LogP contribution is 2.32. The molecule has 1 unspecified atom stereocenters. The van der Waals surface area contributed by atoms with Crippen molar-refractivity contribution in [3.8, 4) is 0 Å². The fraction of sp³-hybridized carbons (Fsp3) is 0.448. The normalized spacial score (nSPS) is 18.2. The molecule has 1 N–H and O–H groups in total. The molecule has 2 atom stereocenters. The molecular formula is C29H36ClFN4O2. The zero-order chi connectivity index (χ0) is 26.7. The number of halogens is 2. The Morgan fingerprint density at radius 2 is 1.76 bits per heavy atom. The molecule has 0 bridgehead atoms. The molecule has 1 fully saturated rings. The molecule has 2 heterocycles. The number of likely N-dealkylation sites (tertiary alicyclic amines) is 1. The SMILES string of the molecule is CC(C)N(C(=O)N[C@@H](CCN1CC2=CN(C(=O)c3c(F)cccc3Cl)CC2C1)c1ccccc1)C(C)C. The minimum Gasteiger partial charge on any atom is -0.331 e. The summed E-state index contributed by atoms with van der Waals surface area (Å²) >= 11 is 6.11. The van der Waals surface area contributed by atoms with E-state index in [9.17, 15) is 14.0 Å². The van der Waals surface area contributed by atoms with Gasteiger partial charge in [0, 0.05) is 50.4 Å². The van der Waals surface area contributed by atoms with E-state index in [0.717, 1.165) is 31.6 Å². The highest BCUT2D eigenvalue weighted by atomic mass is 35.5. The van der Waals surface area contributed by atoms with Gasteiger partial charge in [-0.1, -0.05) is 48.0 Å². The van der Waals surface area contributed by atoms with Gasteiger partial charge in [-0.25, -0.2) is 9.18 Å². The number of hydrogen-bond donors (Lipinski definition) is 1. The third kappa shape index (κ3) is 6.16. The highest BCUT2D eigenvalue weighted by molar-refractivity contribution is 6.33. The first-order valence-corrected chi connectivity index (χ1v) is 13.3. The van der Waals surface area contributed by atoms with Crippen molar-refractivity contribution in [2.45, 2.75) is 52.2 Å². The first-order chi connectivity index (χ1) is 17.7. The fourth-order valence-corrected chi connectivity index (χ4v) is 5.70. The van der Waals surface area contributed by atoms with Gasteiger partial charge in [-0.15, -0.1) is 0 Å². The predicted octanol–water partition coefficient (Wildman–Crippen LogP) is 5.71. The molecule has 0 spiro atoms. The van der Waals surface area contributed by atoms with Crippen LogP contribution < -0.4 is 5.32 Å². The van der Waals surface area contributed by atoms with E-state index >= 15 is 0 Å². The molecule has 1 saturated heterocycles. The van der Waals surface area contributed by atoms with Gasteiger partial charge >= 0.3 is 6.03 Å². The summed E-state index contributed by atoms with van der Waals surface area (Å²) in [6.07, 6.45) is 2.63. The fourth-order valence-electron chi connectivity index (χ4n) is 5.46. The van der Waals surface area contributed by atoms with Crippen LogP contribution in [-0.4, -0.2) is 64.9 Å². The van der Waals surface area contributed by atoms with Crippen LogP contribution >= 0.6 is 11.6 Å². The molecule has 0 saturated carbocycles. The molecule has 2 aromatic carbocycles. The van der Waals surface area contributed by atoms with E-state index in [4.69, 9.17) is 11.6 Å². The number of rotatable bonds is 8. The lowest BCUT2D eigenvalue weighted by atomic mass is 10.0. The lowest BCUT2D eigenvalue weighted by Crippen LogP contribution is -2.49. The summed E-state index contributed by atoms with van der Waals surface area (Å²) < 4.78 is 14.3. The monoisotopic (exact) mass is 526 g/mol. The van der Waals surface area contributed by atoms with Crippen LogP contribution in [0.2, 0.25) is 5.02 Å². The minimum atomic E-state index is -0.600. The summed E-state index contributed by atoms with van der Waals surface area (Å²) in [6, 6.07) is 14.4. The van der Waals surface area contributed by atoms with Crippen molar-refractivity contribution in [2.75, 3.05) is 26.2 Å². The summed E-state index contributed by atoms with van der Waals surface area (Å²) in [7, 11) is 0. The van der Waals surface area contributed by atoms with Crippen LogP contribution in [0.3, 0.4) is 0 Å². The number of urea groups is 1. The van der Waals surface area contributed by atoms with Crippen LogP contribution in [0.25, 0.3) is 0 Å². The molecule has 37 heavy (non-hydrogen) atoms. The van der Waals surface area contributed by atoms with Gasteiger partial charge in [-0.2, -0.15) is 0 Å². The van der Waals surface area contributed by atoms with E-state index in [-0.39, 0.29) is 40.7 Å². The van der Waals surface area contributed by atoms with Gasteiger partial charge in [0.15, 0.2) is 0 Å². The van der Waals surface area contributed by atoms with Crippen LogP contribution in [0.5, 0.6) is 0 Å². The molecule has 2 aromatic rings. The van der Waals surface area contributed by atoms with E-state index in [1.807, 2.05) is 57.0 Å². The number of carbonyl (C=O) groups is 2. The second kappa shape index (κ2) is 11.7. The molecule has 2 aliphatic heterocycles. The number of amides is 3. The molecule has 198 valence electrons. The second-order valence-corrected chi connectivity index (χ2v) is 10.9. The quantitative estimate of drug-likeness (QED) is 0.479. The topological polar surface area (TPSA) is 55.9 Å². The first-order valence-electron chi connectivity index (χ1n) is 13.0. The maximum atomic E-state index is 14.3. The largest absolute Gasteiger partial charge is 0.331 e. The summed E-state index contributed by atoms with van der Waals surface area (Å²) in [5.74, 6) is -0.781. The van der Waals surface area contributed by atoms with Crippen molar-refractivity contribution in [1.82, 2.24) is 20.0 Å². The highest BCUT2D eigenvalue weighted by Gasteiger charge is 2.36. The molecule has 4 rings (SSSR count). The van der Waals surface area contributed by atoms with Gasteiger partial charge < -0.3 is 15.1 Å². The van der Waals surface area contributed by atoms with Crippen LogP contribution in [0.15, 0.2) is 60.3 Å². The number of fused-ring (bicyclic) bond motifs is 1. The zero-order valence-corrected chi connectivity index (χ0v) is 22.7. The average Bonchev–Trinajstić information content (AvgIpc) is 3.40. The molecular weight excluding hydrogens is 491 g/mol. The lowest BCUT2D eigenvalue weighted by Gasteiger charge is -2.33. The van der Waals surface area contributed by atoms with E-state index in [2.05, 4.69) is 22.3 Å². The van der Waals surface area contributed by atoms with Crippen LogP contribution in [0.1, 0.15) is 56.1 Å². The Morgan fingerprint density at radius 3 is 2.38 bits per heavy atom. The molecule has 6 nitrogen and oxygen atoms in total. The van der Waals surface area contributed by atoms with E-state index in [1.54, 1.807) is 4.90 Å². The zero-order valence-electron chi connectivity index (χ0n) is 22.0. The number of benzene rings is 2. The van der Waals surface area contributed by atoms with Crippen molar-refractivity contribution in [3.63, 3.8) is 0 Å². The van der Waals surface area contributed by atoms with Gasteiger partial charge in [0.2, 0.25) is 0 Å². The molecule has 2 aliphatic rings. The number of carbonyl (C=O) groups excluding carboxylic acids is 2. The molecule has 0 aromatic heterocycles.